The molecule has 0 aliphatic carbocycles. The maximum Gasteiger partial charge on any atom is 0.337 e. The van der Waals surface area contributed by atoms with Gasteiger partial charge in [-0.25, -0.2) is 4.79 Å². The first-order chi connectivity index (χ1) is 9.88. The van der Waals surface area contributed by atoms with Gasteiger partial charge >= 0.3 is 5.97 Å². The van der Waals surface area contributed by atoms with Crippen LogP contribution in [0.25, 0.3) is 0 Å². The van der Waals surface area contributed by atoms with Crippen molar-refractivity contribution in [1.82, 2.24) is 0 Å². The molecule has 0 atom stereocenters. The molecule has 0 unspecified atom stereocenters. The molecule has 0 saturated heterocycles. The minimum Gasteiger partial charge on any atom is -0.478 e. The molecule has 1 amide bonds. The lowest BCUT2D eigenvalue weighted by Gasteiger charge is -2.11. The van der Waals surface area contributed by atoms with Gasteiger partial charge in [-0.1, -0.05) is 23.2 Å². The van der Waals surface area contributed by atoms with Crippen molar-refractivity contribution in [2.45, 2.75) is 0 Å². The summed E-state index contributed by atoms with van der Waals surface area (Å²) in [5, 5.41) is 11.9. The van der Waals surface area contributed by atoms with Crippen LogP contribution in [-0.4, -0.2) is 17.0 Å². The van der Waals surface area contributed by atoms with Gasteiger partial charge in [-0.05, 0) is 59.0 Å². The summed E-state index contributed by atoms with van der Waals surface area (Å²) in [5.74, 6) is -1.67. The van der Waals surface area contributed by atoms with Crippen molar-refractivity contribution >= 4 is 63.4 Å². The Bertz CT molecular complexity index is 717. The van der Waals surface area contributed by atoms with E-state index in [9.17, 15) is 9.59 Å². The Labute approximate surface area is 144 Å². The number of carboxylic acids is 1. The Morgan fingerprint density at radius 2 is 1.71 bits per heavy atom. The van der Waals surface area contributed by atoms with Crippen molar-refractivity contribution in [3.63, 3.8) is 0 Å². The number of hydrogen-bond acceptors (Lipinski definition) is 2. The molecule has 0 fully saturated rings. The van der Waals surface area contributed by atoms with E-state index in [1.165, 1.54) is 12.1 Å². The summed E-state index contributed by atoms with van der Waals surface area (Å²) >= 11 is 13.9. The van der Waals surface area contributed by atoms with Crippen molar-refractivity contribution < 1.29 is 14.7 Å². The van der Waals surface area contributed by atoms with Crippen LogP contribution in [0.2, 0.25) is 10.0 Å². The topological polar surface area (TPSA) is 66.4 Å². The Morgan fingerprint density at radius 3 is 2.29 bits per heavy atom. The predicted molar refractivity (Wildman–Crippen MR) is 90.5 cm³/mol. The fourth-order valence-electron chi connectivity index (χ4n) is 1.66. The van der Waals surface area contributed by atoms with Gasteiger partial charge in [-0.15, -0.1) is 0 Å². The number of rotatable bonds is 3. The van der Waals surface area contributed by atoms with Gasteiger partial charge in [0.05, 0.1) is 16.3 Å². The van der Waals surface area contributed by atoms with Crippen LogP contribution in [0.1, 0.15) is 20.7 Å². The molecular formula is C14H8Cl2INO3. The van der Waals surface area contributed by atoms with Gasteiger partial charge in [0, 0.05) is 14.2 Å². The van der Waals surface area contributed by atoms with Crippen LogP contribution in [0, 0.1) is 3.57 Å². The minimum absolute atomic E-state index is 0.0251. The highest BCUT2D eigenvalue weighted by atomic mass is 127. The van der Waals surface area contributed by atoms with E-state index in [2.05, 4.69) is 27.9 Å². The fraction of sp³-hybridized carbons (Fsp3) is 0. The molecule has 2 rings (SSSR count). The molecule has 0 radical (unpaired) electrons. The summed E-state index contributed by atoms with van der Waals surface area (Å²) in [5.41, 5.74) is 0.265. The van der Waals surface area contributed by atoms with Crippen LogP contribution in [0.15, 0.2) is 36.4 Å². The van der Waals surface area contributed by atoms with Gasteiger partial charge in [0.15, 0.2) is 0 Å². The molecule has 0 heterocycles. The van der Waals surface area contributed by atoms with E-state index >= 15 is 0 Å². The third kappa shape index (κ3) is 3.87. The average molecular weight is 436 g/mol. The molecule has 0 aliphatic heterocycles. The fourth-order valence-corrected chi connectivity index (χ4v) is 2.56. The molecule has 7 heteroatoms. The molecule has 0 saturated carbocycles. The van der Waals surface area contributed by atoms with Gasteiger partial charge in [-0.3, -0.25) is 4.79 Å². The van der Waals surface area contributed by atoms with E-state index in [1.807, 2.05) is 0 Å². The van der Waals surface area contributed by atoms with Crippen LogP contribution in [-0.2, 0) is 0 Å². The molecule has 108 valence electrons. The number of halogens is 3. The molecule has 0 spiro atoms. The normalized spacial score (nSPS) is 10.2. The maximum absolute atomic E-state index is 12.1. The molecule has 21 heavy (non-hydrogen) atoms. The van der Waals surface area contributed by atoms with E-state index in [-0.39, 0.29) is 21.3 Å². The number of carboxylic acid groups (broad SMARTS) is 1. The number of benzene rings is 2. The molecule has 2 aromatic carbocycles. The van der Waals surface area contributed by atoms with E-state index in [0.29, 0.717) is 5.56 Å². The quantitative estimate of drug-likeness (QED) is 0.695. The van der Waals surface area contributed by atoms with E-state index in [0.717, 1.165) is 3.57 Å². The summed E-state index contributed by atoms with van der Waals surface area (Å²) in [6, 6.07) is 9.44. The largest absolute Gasteiger partial charge is 0.478 e. The summed E-state index contributed by atoms with van der Waals surface area (Å²) in [6.45, 7) is 0. The smallest absolute Gasteiger partial charge is 0.337 e. The van der Waals surface area contributed by atoms with Gasteiger partial charge < -0.3 is 10.4 Å². The molecule has 0 aromatic heterocycles. The van der Waals surface area contributed by atoms with E-state index in [4.69, 9.17) is 28.3 Å². The Hall–Kier alpha value is -1.31. The molecule has 0 aliphatic rings. The molecule has 2 aromatic rings. The number of carbonyl (C=O) groups is 2. The van der Waals surface area contributed by atoms with Crippen LogP contribution >= 0.6 is 45.8 Å². The number of anilines is 1. The first-order valence-electron chi connectivity index (χ1n) is 5.67. The second kappa shape index (κ2) is 6.64. The van der Waals surface area contributed by atoms with Crippen LogP contribution in [0.5, 0.6) is 0 Å². The SMILES string of the molecule is O=C(Nc1c(Cl)cc(Cl)cc1C(=O)O)c1ccc(I)cc1. The third-order valence-electron chi connectivity index (χ3n) is 2.63. The van der Waals surface area contributed by atoms with E-state index < -0.39 is 11.9 Å². The van der Waals surface area contributed by atoms with Gasteiger partial charge in [0.1, 0.15) is 0 Å². The second-order valence-corrected chi connectivity index (χ2v) is 6.17. The first kappa shape index (κ1) is 16.1. The minimum atomic E-state index is -1.22. The molecule has 2 N–H and O–H groups in total. The Balaban J connectivity index is 2.37. The Kier molecular flexibility index (Phi) is 5.08. The number of amides is 1. The zero-order valence-electron chi connectivity index (χ0n) is 10.4. The van der Waals surface area contributed by atoms with Crippen molar-refractivity contribution in [3.05, 3.63) is 61.1 Å². The average Bonchev–Trinajstić information content (AvgIpc) is 2.41. The molecule has 4 nitrogen and oxygen atoms in total. The zero-order valence-corrected chi connectivity index (χ0v) is 14.0. The van der Waals surface area contributed by atoms with Crippen LogP contribution < -0.4 is 5.32 Å². The highest BCUT2D eigenvalue weighted by Gasteiger charge is 2.18. The number of aromatic carboxylic acids is 1. The van der Waals surface area contributed by atoms with Gasteiger partial charge in [0.25, 0.3) is 5.91 Å². The lowest BCUT2D eigenvalue weighted by molar-refractivity contribution is 0.0698. The standard InChI is InChI=1S/C14H8Cl2INO3/c15-8-5-10(14(20)21)12(11(16)6-8)18-13(19)7-1-3-9(17)4-2-7/h1-6H,(H,18,19)(H,20,21). The number of nitrogens with one attached hydrogen (secondary N) is 1. The zero-order chi connectivity index (χ0) is 15.6. The van der Waals surface area contributed by atoms with Crippen molar-refractivity contribution in [2.75, 3.05) is 5.32 Å². The van der Waals surface area contributed by atoms with Gasteiger partial charge in [-0.2, -0.15) is 0 Å². The summed E-state index contributed by atoms with van der Waals surface area (Å²) in [4.78, 5) is 23.4. The maximum atomic E-state index is 12.1. The molecule has 0 bridgehead atoms. The number of hydrogen-bond donors (Lipinski definition) is 2. The van der Waals surface area contributed by atoms with Crippen LogP contribution in [0.3, 0.4) is 0 Å². The lowest BCUT2D eigenvalue weighted by Crippen LogP contribution is -2.15. The van der Waals surface area contributed by atoms with Crippen LogP contribution in [0.4, 0.5) is 5.69 Å². The monoisotopic (exact) mass is 435 g/mol. The van der Waals surface area contributed by atoms with Crippen molar-refractivity contribution in [3.8, 4) is 0 Å². The predicted octanol–water partition coefficient (Wildman–Crippen LogP) is 4.55. The first-order valence-corrected chi connectivity index (χ1v) is 7.51. The highest BCUT2D eigenvalue weighted by molar-refractivity contribution is 14.1. The summed E-state index contributed by atoms with van der Waals surface area (Å²) in [6.07, 6.45) is 0. The summed E-state index contributed by atoms with van der Waals surface area (Å²) < 4.78 is 0.986. The van der Waals surface area contributed by atoms with Gasteiger partial charge in [0.2, 0.25) is 0 Å². The Morgan fingerprint density at radius 1 is 1.10 bits per heavy atom. The number of carbonyl (C=O) groups excluding carboxylic acids is 1. The van der Waals surface area contributed by atoms with Crippen molar-refractivity contribution in [1.29, 1.82) is 0 Å². The van der Waals surface area contributed by atoms with E-state index in [1.54, 1.807) is 24.3 Å². The second-order valence-electron chi connectivity index (χ2n) is 4.08. The lowest BCUT2D eigenvalue weighted by atomic mass is 10.1. The van der Waals surface area contributed by atoms with Crippen molar-refractivity contribution in [2.24, 2.45) is 0 Å². The highest BCUT2D eigenvalue weighted by Crippen LogP contribution is 2.30. The third-order valence-corrected chi connectivity index (χ3v) is 3.87. The summed E-state index contributed by atoms with van der Waals surface area (Å²) in [7, 11) is 0. The molecular weight excluding hydrogens is 428 g/mol.